The standard InChI is InChI=1S/C22H23N3O4S2/c1-5-29-15-7-9-16(10-8-15)31(27,28)24-21-23-18(13-30-21)14-6-11-19-17(12-14)22(2,3)20(26)25(19)4/h6-13H,5H2,1-4H3,(H,23,24). The molecule has 0 aliphatic carbocycles. The Hall–Kier alpha value is -2.91. The van der Waals surface area contributed by atoms with E-state index >= 15 is 0 Å². The van der Waals surface area contributed by atoms with Gasteiger partial charge in [-0.2, -0.15) is 0 Å². The summed E-state index contributed by atoms with van der Waals surface area (Å²) in [5, 5.41) is 2.07. The largest absolute Gasteiger partial charge is 0.494 e. The minimum atomic E-state index is -3.77. The predicted molar refractivity (Wildman–Crippen MR) is 122 cm³/mol. The number of nitrogens with one attached hydrogen (secondary N) is 1. The van der Waals surface area contributed by atoms with E-state index in [2.05, 4.69) is 9.71 Å². The molecule has 1 amide bonds. The van der Waals surface area contributed by atoms with Crippen molar-refractivity contribution in [3.8, 4) is 17.0 Å². The Morgan fingerprint density at radius 2 is 1.87 bits per heavy atom. The van der Waals surface area contributed by atoms with Gasteiger partial charge < -0.3 is 9.64 Å². The van der Waals surface area contributed by atoms with Crippen LogP contribution in [-0.2, 0) is 20.2 Å². The minimum Gasteiger partial charge on any atom is -0.494 e. The SMILES string of the molecule is CCOc1ccc(S(=O)(=O)Nc2nc(-c3ccc4c(c3)C(C)(C)C(=O)N4C)cs2)cc1. The van der Waals surface area contributed by atoms with Crippen molar-refractivity contribution in [2.75, 3.05) is 23.3 Å². The molecule has 2 heterocycles. The second kappa shape index (κ2) is 7.65. The molecule has 1 aliphatic rings. The molecule has 4 rings (SSSR count). The zero-order valence-corrected chi connectivity index (χ0v) is 19.3. The number of hydrogen-bond donors (Lipinski definition) is 1. The fourth-order valence-electron chi connectivity index (χ4n) is 3.64. The van der Waals surface area contributed by atoms with Crippen LogP contribution in [0, 0.1) is 0 Å². The highest BCUT2D eigenvalue weighted by Gasteiger charge is 2.42. The normalized spacial score (nSPS) is 15.1. The molecule has 9 heteroatoms. The van der Waals surface area contributed by atoms with Crippen molar-refractivity contribution in [3.63, 3.8) is 0 Å². The van der Waals surface area contributed by atoms with Gasteiger partial charge in [0.25, 0.3) is 10.0 Å². The number of rotatable bonds is 6. The fraction of sp³-hybridized carbons (Fsp3) is 0.273. The lowest BCUT2D eigenvalue weighted by Crippen LogP contribution is -2.33. The molecule has 31 heavy (non-hydrogen) atoms. The summed E-state index contributed by atoms with van der Waals surface area (Å²) in [7, 11) is -2.00. The predicted octanol–water partition coefficient (Wildman–Crippen LogP) is 4.26. The molecule has 0 saturated heterocycles. The van der Waals surface area contributed by atoms with Crippen LogP contribution >= 0.6 is 11.3 Å². The Bertz CT molecular complexity index is 1250. The van der Waals surface area contributed by atoms with E-state index in [1.165, 1.54) is 23.5 Å². The van der Waals surface area contributed by atoms with Crippen LogP contribution in [0.15, 0.2) is 52.7 Å². The third kappa shape index (κ3) is 3.79. The third-order valence-electron chi connectivity index (χ3n) is 5.34. The third-order valence-corrected chi connectivity index (χ3v) is 7.58. The first-order valence-electron chi connectivity index (χ1n) is 9.78. The summed E-state index contributed by atoms with van der Waals surface area (Å²) in [5.41, 5.74) is 2.67. The van der Waals surface area contributed by atoms with Crippen molar-refractivity contribution >= 4 is 38.1 Å². The van der Waals surface area contributed by atoms with Gasteiger partial charge in [-0.05, 0) is 62.7 Å². The highest BCUT2D eigenvalue weighted by molar-refractivity contribution is 7.93. The number of nitrogens with zero attached hydrogens (tertiary/aromatic N) is 2. The Morgan fingerprint density at radius 1 is 1.16 bits per heavy atom. The fourth-order valence-corrected chi connectivity index (χ4v) is 5.61. The molecule has 1 aliphatic heterocycles. The summed E-state index contributed by atoms with van der Waals surface area (Å²) in [6, 6.07) is 12.0. The zero-order chi connectivity index (χ0) is 22.4. The Kier molecular flexibility index (Phi) is 5.26. The second-order valence-corrected chi connectivity index (χ2v) is 10.3. The monoisotopic (exact) mass is 457 g/mol. The number of fused-ring (bicyclic) bond motifs is 1. The number of ether oxygens (including phenoxy) is 1. The molecule has 1 aromatic heterocycles. The van der Waals surface area contributed by atoms with Crippen LogP contribution in [0.4, 0.5) is 10.8 Å². The highest BCUT2D eigenvalue weighted by Crippen LogP contribution is 2.42. The molecule has 0 fully saturated rings. The number of thiazole rings is 1. The van der Waals surface area contributed by atoms with Gasteiger partial charge in [-0.25, -0.2) is 13.4 Å². The number of aromatic nitrogens is 1. The molecule has 0 unspecified atom stereocenters. The van der Waals surface area contributed by atoms with Crippen molar-refractivity contribution < 1.29 is 17.9 Å². The van der Waals surface area contributed by atoms with Gasteiger partial charge in [-0.1, -0.05) is 6.07 Å². The molecular formula is C22H23N3O4S2. The van der Waals surface area contributed by atoms with E-state index in [0.29, 0.717) is 18.1 Å². The molecule has 0 radical (unpaired) electrons. The van der Waals surface area contributed by atoms with Crippen LogP contribution in [0.25, 0.3) is 11.3 Å². The van der Waals surface area contributed by atoms with Crippen LogP contribution in [0.3, 0.4) is 0 Å². The maximum atomic E-state index is 12.7. The number of carbonyl (C=O) groups excluding carboxylic acids is 1. The molecule has 7 nitrogen and oxygen atoms in total. The van der Waals surface area contributed by atoms with Crippen molar-refractivity contribution in [2.45, 2.75) is 31.1 Å². The molecule has 0 atom stereocenters. The van der Waals surface area contributed by atoms with E-state index in [4.69, 9.17) is 4.74 Å². The zero-order valence-electron chi connectivity index (χ0n) is 17.7. The number of sulfonamides is 1. The van der Waals surface area contributed by atoms with Crippen LogP contribution in [0.2, 0.25) is 0 Å². The maximum absolute atomic E-state index is 12.7. The Morgan fingerprint density at radius 3 is 2.55 bits per heavy atom. The van der Waals surface area contributed by atoms with Crippen molar-refractivity contribution in [1.29, 1.82) is 0 Å². The Balaban J connectivity index is 1.58. The summed E-state index contributed by atoms with van der Waals surface area (Å²) in [4.78, 5) is 18.8. The molecule has 162 valence electrons. The lowest BCUT2D eigenvalue weighted by atomic mass is 9.85. The van der Waals surface area contributed by atoms with Gasteiger partial charge in [0.05, 0.1) is 22.6 Å². The molecule has 2 aromatic carbocycles. The van der Waals surface area contributed by atoms with Crippen LogP contribution in [0.5, 0.6) is 5.75 Å². The minimum absolute atomic E-state index is 0.0433. The first-order valence-corrected chi connectivity index (χ1v) is 12.1. The van der Waals surface area contributed by atoms with Crippen LogP contribution < -0.4 is 14.4 Å². The molecule has 1 N–H and O–H groups in total. The van der Waals surface area contributed by atoms with Crippen LogP contribution in [-0.4, -0.2) is 33.0 Å². The second-order valence-electron chi connectivity index (χ2n) is 7.77. The van der Waals surface area contributed by atoms with E-state index < -0.39 is 15.4 Å². The molecule has 0 bridgehead atoms. The number of anilines is 2. The number of carbonyl (C=O) groups is 1. The van der Waals surface area contributed by atoms with Crippen molar-refractivity contribution in [3.05, 3.63) is 53.4 Å². The summed E-state index contributed by atoms with van der Waals surface area (Å²) in [6.45, 7) is 6.18. The average Bonchev–Trinajstić information content (AvgIpc) is 3.26. The number of amides is 1. The molecule has 0 saturated carbocycles. The summed E-state index contributed by atoms with van der Waals surface area (Å²) in [5.74, 6) is 0.656. The van der Waals surface area contributed by atoms with E-state index in [9.17, 15) is 13.2 Å². The first kappa shape index (κ1) is 21.3. The van der Waals surface area contributed by atoms with Crippen molar-refractivity contribution in [1.82, 2.24) is 4.98 Å². The molecule has 0 spiro atoms. The topological polar surface area (TPSA) is 88.6 Å². The average molecular weight is 458 g/mol. The Labute approximate surface area is 185 Å². The van der Waals surface area contributed by atoms with Gasteiger partial charge in [0.2, 0.25) is 5.91 Å². The lowest BCUT2D eigenvalue weighted by Gasteiger charge is -2.16. The maximum Gasteiger partial charge on any atom is 0.263 e. The highest BCUT2D eigenvalue weighted by atomic mass is 32.2. The van der Waals surface area contributed by atoms with Gasteiger partial charge in [-0.3, -0.25) is 9.52 Å². The van der Waals surface area contributed by atoms with E-state index in [1.807, 2.05) is 39.0 Å². The summed E-state index contributed by atoms with van der Waals surface area (Å²) >= 11 is 1.21. The lowest BCUT2D eigenvalue weighted by molar-refractivity contribution is -0.121. The number of benzene rings is 2. The van der Waals surface area contributed by atoms with Gasteiger partial charge in [-0.15, -0.1) is 11.3 Å². The van der Waals surface area contributed by atoms with E-state index in [1.54, 1.807) is 29.5 Å². The smallest absolute Gasteiger partial charge is 0.263 e. The van der Waals surface area contributed by atoms with Crippen molar-refractivity contribution in [2.24, 2.45) is 0 Å². The number of likely N-dealkylation sites (N-methyl/N-ethyl adjacent to an activating group) is 1. The van der Waals surface area contributed by atoms with Gasteiger partial charge >= 0.3 is 0 Å². The summed E-state index contributed by atoms with van der Waals surface area (Å²) in [6.07, 6.45) is 0. The van der Waals surface area contributed by atoms with E-state index in [-0.39, 0.29) is 15.9 Å². The van der Waals surface area contributed by atoms with Crippen LogP contribution in [0.1, 0.15) is 26.3 Å². The van der Waals surface area contributed by atoms with E-state index in [0.717, 1.165) is 16.8 Å². The van der Waals surface area contributed by atoms with Gasteiger partial charge in [0.15, 0.2) is 5.13 Å². The molecule has 3 aromatic rings. The van der Waals surface area contributed by atoms with Gasteiger partial charge in [0.1, 0.15) is 5.75 Å². The number of hydrogen-bond acceptors (Lipinski definition) is 6. The first-order chi connectivity index (χ1) is 14.6. The quantitative estimate of drug-likeness (QED) is 0.597. The summed E-state index contributed by atoms with van der Waals surface area (Å²) < 4.78 is 33.3. The molecular weight excluding hydrogens is 434 g/mol. The van der Waals surface area contributed by atoms with Gasteiger partial charge in [0, 0.05) is 23.7 Å².